The van der Waals surface area contributed by atoms with Crippen LogP contribution in [-0.4, -0.2) is 37.4 Å². The van der Waals surface area contributed by atoms with Gasteiger partial charge in [-0.2, -0.15) is 0 Å². The van der Waals surface area contributed by atoms with Gasteiger partial charge in [0, 0.05) is 6.20 Å². The normalized spacial score (nSPS) is 10.9. The Bertz CT molecular complexity index is 1040. The first-order valence-electron chi connectivity index (χ1n) is 7.16. The number of nitrogens with one attached hydrogen (secondary N) is 1. The maximum atomic E-state index is 12.3. The number of nitrogens with zero attached hydrogens (tertiary/aromatic N) is 5. The Balaban J connectivity index is 1.65. The predicted molar refractivity (Wildman–Crippen MR) is 87.0 cm³/mol. The van der Waals surface area contributed by atoms with Gasteiger partial charge in [0.2, 0.25) is 5.78 Å². The van der Waals surface area contributed by atoms with Gasteiger partial charge >= 0.3 is 6.01 Å². The molecule has 0 radical (unpaired) electrons. The van der Waals surface area contributed by atoms with Crippen LogP contribution in [0.25, 0.3) is 16.8 Å². The molecule has 4 aromatic rings. The minimum absolute atomic E-state index is 0.233. The highest BCUT2D eigenvalue weighted by Gasteiger charge is 2.12. The van der Waals surface area contributed by atoms with Gasteiger partial charge in [-0.05, 0) is 18.2 Å². The molecule has 1 aromatic carbocycles. The molecular weight excluding hydrogens is 308 g/mol. The van der Waals surface area contributed by atoms with Crippen LogP contribution in [0.15, 0.2) is 48.9 Å². The molecule has 0 saturated carbocycles. The lowest BCUT2D eigenvalue weighted by molar-refractivity contribution is 0.102. The monoisotopic (exact) mass is 320 g/mol. The molecular formula is C16H12N6O2. The average molecular weight is 320 g/mol. The third-order valence-corrected chi connectivity index (χ3v) is 3.48. The maximum Gasteiger partial charge on any atom is 0.316 e. The van der Waals surface area contributed by atoms with E-state index in [1.807, 2.05) is 28.7 Å². The smallest absolute Gasteiger partial charge is 0.316 e. The molecule has 24 heavy (non-hydrogen) atoms. The van der Waals surface area contributed by atoms with Crippen molar-refractivity contribution in [2.75, 3.05) is 12.4 Å². The van der Waals surface area contributed by atoms with Crippen LogP contribution in [0.1, 0.15) is 10.5 Å². The summed E-state index contributed by atoms with van der Waals surface area (Å²) in [5, 5.41) is 2.69. The van der Waals surface area contributed by atoms with Crippen LogP contribution >= 0.6 is 0 Å². The molecule has 8 heteroatoms. The molecule has 8 nitrogen and oxygen atoms in total. The van der Waals surface area contributed by atoms with E-state index in [4.69, 9.17) is 4.74 Å². The lowest BCUT2D eigenvalue weighted by atomic mass is 10.3. The molecule has 0 aliphatic rings. The number of hydrogen-bond acceptors (Lipinski definition) is 6. The molecule has 0 bridgehead atoms. The number of ether oxygens (including phenoxy) is 1. The lowest BCUT2D eigenvalue weighted by Crippen LogP contribution is -2.14. The minimum atomic E-state index is -0.363. The maximum absolute atomic E-state index is 12.3. The average Bonchev–Trinajstić information content (AvgIpc) is 3.00. The van der Waals surface area contributed by atoms with Crippen molar-refractivity contribution in [3.63, 3.8) is 0 Å². The van der Waals surface area contributed by atoms with Gasteiger partial charge in [-0.1, -0.05) is 12.1 Å². The van der Waals surface area contributed by atoms with Crippen molar-refractivity contribution in [1.29, 1.82) is 0 Å². The molecule has 0 unspecified atom stereocenters. The number of methoxy groups -OCH3 is 1. The van der Waals surface area contributed by atoms with Crippen LogP contribution in [0.2, 0.25) is 0 Å². The summed E-state index contributed by atoms with van der Waals surface area (Å²) in [5.74, 6) is 0.105. The number of rotatable bonds is 3. The van der Waals surface area contributed by atoms with Gasteiger partial charge in [-0.3, -0.25) is 9.20 Å². The highest BCUT2D eigenvalue weighted by Crippen LogP contribution is 2.15. The molecule has 0 saturated heterocycles. The summed E-state index contributed by atoms with van der Waals surface area (Å²) in [6.07, 6.45) is 4.70. The van der Waals surface area contributed by atoms with Gasteiger partial charge in [0.05, 0.1) is 36.2 Å². The first-order chi connectivity index (χ1) is 11.7. The van der Waals surface area contributed by atoms with Crippen LogP contribution in [0.3, 0.4) is 0 Å². The highest BCUT2D eigenvalue weighted by atomic mass is 16.5. The van der Waals surface area contributed by atoms with Crippen molar-refractivity contribution >= 4 is 28.4 Å². The summed E-state index contributed by atoms with van der Waals surface area (Å²) < 4.78 is 6.71. The van der Waals surface area contributed by atoms with Crippen LogP contribution in [-0.2, 0) is 0 Å². The Hall–Kier alpha value is -3.55. The van der Waals surface area contributed by atoms with Gasteiger partial charge in [-0.25, -0.2) is 19.9 Å². The van der Waals surface area contributed by atoms with E-state index < -0.39 is 0 Å². The van der Waals surface area contributed by atoms with Crippen LogP contribution in [0.4, 0.5) is 5.69 Å². The zero-order chi connectivity index (χ0) is 16.5. The number of hydrogen-bond donors (Lipinski definition) is 1. The van der Waals surface area contributed by atoms with Crippen molar-refractivity contribution < 1.29 is 9.53 Å². The SMILES string of the molecule is COc1ncc(NC(=O)c2ccn3c(n2)nc2ccccc23)cn1. The molecule has 3 aromatic heterocycles. The zero-order valence-electron chi connectivity index (χ0n) is 12.7. The van der Waals surface area contributed by atoms with Gasteiger partial charge in [-0.15, -0.1) is 0 Å². The quantitative estimate of drug-likeness (QED) is 0.620. The van der Waals surface area contributed by atoms with Gasteiger partial charge in [0.1, 0.15) is 5.69 Å². The van der Waals surface area contributed by atoms with Gasteiger partial charge < -0.3 is 10.1 Å². The molecule has 0 fully saturated rings. The minimum Gasteiger partial charge on any atom is -0.467 e. The number of benzene rings is 1. The number of carbonyl (C=O) groups is 1. The fraction of sp³-hybridized carbons (Fsp3) is 0.0625. The summed E-state index contributed by atoms with van der Waals surface area (Å²) >= 11 is 0. The number of anilines is 1. The molecule has 0 aliphatic heterocycles. The third-order valence-electron chi connectivity index (χ3n) is 3.48. The molecule has 4 rings (SSSR count). The second-order valence-electron chi connectivity index (χ2n) is 5.00. The van der Waals surface area contributed by atoms with Gasteiger partial charge in [0.25, 0.3) is 5.91 Å². The van der Waals surface area contributed by atoms with Crippen molar-refractivity contribution in [1.82, 2.24) is 24.3 Å². The van der Waals surface area contributed by atoms with E-state index in [1.165, 1.54) is 19.5 Å². The van der Waals surface area contributed by atoms with Crippen LogP contribution in [0, 0.1) is 0 Å². The third kappa shape index (κ3) is 2.39. The Labute approximate surface area is 136 Å². The second-order valence-corrected chi connectivity index (χ2v) is 5.00. The Morgan fingerprint density at radius 1 is 1.12 bits per heavy atom. The van der Waals surface area contributed by atoms with E-state index in [9.17, 15) is 4.79 Å². The summed E-state index contributed by atoms with van der Waals surface area (Å²) in [6.45, 7) is 0. The molecule has 1 N–H and O–H groups in total. The standard InChI is InChI=1S/C16H12N6O2/c1-24-16-17-8-10(9-18-16)19-14(23)12-6-7-22-13-5-3-2-4-11(13)20-15(22)21-12/h2-9H,1H3,(H,19,23). The van der Waals surface area contributed by atoms with E-state index in [1.54, 1.807) is 12.3 Å². The second kappa shape index (κ2) is 5.58. The molecule has 0 spiro atoms. The molecule has 3 heterocycles. The highest BCUT2D eigenvalue weighted by molar-refractivity contribution is 6.03. The van der Waals surface area contributed by atoms with Gasteiger partial charge in [0.15, 0.2) is 0 Å². The number of imidazole rings is 1. The molecule has 0 atom stereocenters. The number of aromatic nitrogens is 5. The van der Waals surface area contributed by atoms with Crippen LogP contribution in [0.5, 0.6) is 6.01 Å². The number of carbonyl (C=O) groups excluding carboxylic acids is 1. The first-order valence-corrected chi connectivity index (χ1v) is 7.16. The zero-order valence-corrected chi connectivity index (χ0v) is 12.7. The molecule has 118 valence electrons. The Kier molecular flexibility index (Phi) is 3.27. The summed E-state index contributed by atoms with van der Waals surface area (Å²) in [7, 11) is 1.47. The fourth-order valence-electron chi connectivity index (χ4n) is 2.36. The largest absolute Gasteiger partial charge is 0.467 e. The van der Waals surface area contributed by atoms with Crippen molar-refractivity contribution in [2.24, 2.45) is 0 Å². The van der Waals surface area contributed by atoms with Crippen molar-refractivity contribution in [3.05, 3.63) is 54.6 Å². The fourth-order valence-corrected chi connectivity index (χ4v) is 2.36. The first kappa shape index (κ1) is 14.1. The van der Waals surface area contributed by atoms with Crippen molar-refractivity contribution in [3.8, 4) is 6.01 Å². The number of para-hydroxylation sites is 2. The molecule has 0 aliphatic carbocycles. The van der Waals surface area contributed by atoms with E-state index in [2.05, 4.69) is 25.3 Å². The number of fused-ring (bicyclic) bond motifs is 3. The Morgan fingerprint density at radius 3 is 2.71 bits per heavy atom. The summed E-state index contributed by atoms with van der Waals surface area (Å²) in [4.78, 5) is 28.9. The van der Waals surface area contributed by atoms with E-state index in [0.29, 0.717) is 11.5 Å². The predicted octanol–water partition coefficient (Wildman–Crippen LogP) is 1.93. The van der Waals surface area contributed by atoms with Crippen molar-refractivity contribution in [2.45, 2.75) is 0 Å². The van der Waals surface area contributed by atoms with E-state index in [-0.39, 0.29) is 17.6 Å². The molecule has 1 amide bonds. The topological polar surface area (TPSA) is 94.3 Å². The summed E-state index contributed by atoms with van der Waals surface area (Å²) in [6, 6.07) is 9.56. The summed E-state index contributed by atoms with van der Waals surface area (Å²) in [5.41, 5.74) is 2.48. The van der Waals surface area contributed by atoms with E-state index in [0.717, 1.165) is 11.0 Å². The lowest BCUT2D eigenvalue weighted by Gasteiger charge is -2.04. The van der Waals surface area contributed by atoms with E-state index >= 15 is 0 Å². The van der Waals surface area contributed by atoms with Crippen LogP contribution < -0.4 is 10.1 Å². The number of amides is 1. The Morgan fingerprint density at radius 2 is 1.92 bits per heavy atom.